The molecule has 0 unspecified atom stereocenters. The normalized spacial score (nSPS) is 10.4. The van der Waals surface area contributed by atoms with Gasteiger partial charge in [-0.2, -0.15) is 0 Å². The molecule has 0 aliphatic heterocycles. The zero-order valence-corrected chi connectivity index (χ0v) is 14.7. The molecule has 0 radical (unpaired) electrons. The van der Waals surface area contributed by atoms with E-state index in [4.69, 9.17) is 11.6 Å². The summed E-state index contributed by atoms with van der Waals surface area (Å²) in [7, 11) is 0. The fourth-order valence-corrected chi connectivity index (χ4v) is 2.73. The molecule has 3 heterocycles. The van der Waals surface area contributed by atoms with E-state index in [0.717, 1.165) is 17.0 Å². The van der Waals surface area contributed by atoms with E-state index in [1.165, 1.54) is 11.8 Å². The van der Waals surface area contributed by atoms with Crippen LogP contribution in [0.2, 0.25) is 5.15 Å². The second kappa shape index (κ2) is 8.55. The highest BCUT2D eigenvalue weighted by molar-refractivity contribution is 7.99. The van der Waals surface area contributed by atoms with E-state index in [9.17, 15) is 4.79 Å². The van der Waals surface area contributed by atoms with E-state index in [2.05, 4.69) is 25.3 Å². The van der Waals surface area contributed by atoms with Gasteiger partial charge in [0.05, 0.1) is 17.1 Å². The first-order valence-electron chi connectivity index (χ1n) is 7.45. The first-order valence-corrected chi connectivity index (χ1v) is 8.81. The van der Waals surface area contributed by atoms with Crippen LogP contribution in [0.15, 0.2) is 60.1 Å². The van der Waals surface area contributed by atoms with Crippen LogP contribution in [-0.4, -0.2) is 31.6 Å². The number of carbonyl (C=O) groups excluding carboxylic acids is 1. The quantitative estimate of drug-likeness (QED) is 0.407. The molecule has 0 fully saturated rings. The zero-order chi connectivity index (χ0) is 17.5. The number of nitrogens with one attached hydrogen (secondary N) is 1. The van der Waals surface area contributed by atoms with Crippen molar-refractivity contribution in [2.75, 3.05) is 5.75 Å². The Morgan fingerprint density at radius 2 is 1.96 bits per heavy atom. The molecule has 0 bridgehead atoms. The summed E-state index contributed by atoms with van der Waals surface area (Å²) in [6, 6.07) is 10.9. The Kier molecular flexibility index (Phi) is 5.92. The Labute approximate surface area is 154 Å². The summed E-state index contributed by atoms with van der Waals surface area (Å²) >= 11 is 7.00. The predicted molar refractivity (Wildman–Crippen MR) is 97.1 cm³/mol. The molecule has 0 spiro atoms. The van der Waals surface area contributed by atoms with Gasteiger partial charge in [-0.1, -0.05) is 35.5 Å². The minimum atomic E-state index is -0.105. The standard InChI is InChI=1S/C17H14ClN5OS/c18-15-5-4-12(9-21-15)10-22-16(24)11-25-17-20-8-6-14(23-17)13-3-1-2-7-19-13/h1-9H,10-11H2,(H,22,24). The highest BCUT2D eigenvalue weighted by atomic mass is 35.5. The van der Waals surface area contributed by atoms with Crippen LogP contribution in [0.25, 0.3) is 11.4 Å². The highest BCUT2D eigenvalue weighted by Gasteiger charge is 2.07. The van der Waals surface area contributed by atoms with Crippen LogP contribution >= 0.6 is 23.4 Å². The molecule has 3 aromatic rings. The van der Waals surface area contributed by atoms with Gasteiger partial charge in [-0.25, -0.2) is 15.0 Å². The number of hydrogen-bond acceptors (Lipinski definition) is 6. The average Bonchev–Trinajstić information content (AvgIpc) is 2.67. The maximum atomic E-state index is 12.0. The van der Waals surface area contributed by atoms with Crippen molar-refractivity contribution in [2.45, 2.75) is 11.7 Å². The molecule has 0 aliphatic carbocycles. The molecule has 0 atom stereocenters. The van der Waals surface area contributed by atoms with Crippen molar-refractivity contribution in [3.8, 4) is 11.4 Å². The molecule has 1 N–H and O–H groups in total. The summed E-state index contributed by atoms with van der Waals surface area (Å²) in [5.74, 6) is 0.124. The topological polar surface area (TPSA) is 80.7 Å². The first-order chi connectivity index (χ1) is 12.2. The number of nitrogens with zero attached hydrogens (tertiary/aromatic N) is 4. The van der Waals surface area contributed by atoms with Gasteiger partial charge in [-0.15, -0.1) is 0 Å². The molecule has 0 aliphatic rings. The summed E-state index contributed by atoms with van der Waals surface area (Å²) in [6.07, 6.45) is 5.01. The van der Waals surface area contributed by atoms with Gasteiger partial charge < -0.3 is 5.32 Å². The summed E-state index contributed by atoms with van der Waals surface area (Å²) in [4.78, 5) is 28.8. The number of halogens is 1. The van der Waals surface area contributed by atoms with Gasteiger partial charge in [0.25, 0.3) is 0 Å². The third kappa shape index (κ3) is 5.23. The molecule has 126 valence electrons. The SMILES string of the molecule is O=C(CSc1nccc(-c2ccccn2)n1)NCc1ccc(Cl)nc1. The van der Waals surface area contributed by atoms with Gasteiger partial charge in [-0.05, 0) is 29.8 Å². The largest absolute Gasteiger partial charge is 0.351 e. The summed E-state index contributed by atoms with van der Waals surface area (Å²) in [5, 5.41) is 3.78. The van der Waals surface area contributed by atoms with Crippen molar-refractivity contribution in [1.29, 1.82) is 0 Å². The molecule has 0 saturated heterocycles. The lowest BCUT2D eigenvalue weighted by Gasteiger charge is -2.05. The van der Waals surface area contributed by atoms with E-state index in [1.54, 1.807) is 30.7 Å². The van der Waals surface area contributed by atoms with Crippen LogP contribution in [0.1, 0.15) is 5.56 Å². The molecule has 8 heteroatoms. The minimum Gasteiger partial charge on any atom is -0.351 e. The molecular formula is C17H14ClN5OS. The lowest BCUT2D eigenvalue weighted by atomic mass is 10.3. The van der Waals surface area contributed by atoms with Crippen molar-refractivity contribution in [3.05, 3.63) is 65.7 Å². The van der Waals surface area contributed by atoms with Crippen LogP contribution < -0.4 is 5.32 Å². The summed E-state index contributed by atoms with van der Waals surface area (Å²) in [6.45, 7) is 0.401. The van der Waals surface area contributed by atoms with Gasteiger partial charge in [0.2, 0.25) is 5.91 Å². The van der Waals surface area contributed by atoms with Crippen LogP contribution in [0.3, 0.4) is 0 Å². The van der Waals surface area contributed by atoms with Gasteiger partial charge in [0.1, 0.15) is 5.15 Å². The second-order valence-corrected chi connectivity index (χ2v) is 6.32. The number of thioether (sulfide) groups is 1. The van der Waals surface area contributed by atoms with Crippen LogP contribution in [-0.2, 0) is 11.3 Å². The van der Waals surface area contributed by atoms with Gasteiger partial charge >= 0.3 is 0 Å². The summed E-state index contributed by atoms with van der Waals surface area (Å²) < 4.78 is 0. The molecule has 25 heavy (non-hydrogen) atoms. The van der Waals surface area contributed by atoms with E-state index in [1.807, 2.05) is 24.3 Å². The predicted octanol–water partition coefficient (Wildman–Crippen LogP) is 3.00. The molecule has 3 aromatic heterocycles. The number of carbonyl (C=O) groups is 1. The van der Waals surface area contributed by atoms with Crippen molar-refractivity contribution >= 4 is 29.3 Å². The lowest BCUT2D eigenvalue weighted by Crippen LogP contribution is -2.24. The van der Waals surface area contributed by atoms with Crippen molar-refractivity contribution in [3.63, 3.8) is 0 Å². The fraction of sp³-hybridized carbons (Fsp3) is 0.118. The number of hydrogen-bond donors (Lipinski definition) is 1. The number of amides is 1. The van der Waals surface area contributed by atoms with E-state index in [0.29, 0.717) is 16.9 Å². The second-order valence-electron chi connectivity index (χ2n) is 4.99. The third-order valence-electron chi connectivity index (χ3n) is 3.17. The van der Waals surface area contributed by atoms with Gasteiger partial charge in [-0.3, -0.25) is 9.78 Å². The lowest BCUT2D eigenvalue weighted by molar-refractivity contribution is -0.118. The molecular weight excluding hydrogens is 358 g/mol. The zero-order valence-electron chi connectivity index (χ0n) is 13.1. The number of pyridine rings is 2. The Balaban J connectivity index is 1.53. The van der Waals surface area contributed by atoms with E-state index < -0.39 is 0 Å². The highest BCUT2D eigenvalue weighted by Crippen LogP contribution is 2.18. The summed E-state index contributed by atoms with van der Waals surface area (Å²) in [5.41, 5.74) is 2.38. The van der Waals surface area contributed by atoms with Crippen molar-refractivity contribution in [2.24, 2.45) is 0 Å². The average molecular weight is 372 g/mol. The molecule has 3 rings (SSSR count). The molecule has 1 amide bonds. The Hall–Kier alpha value is -2.51. The molecule has 0 aromatic carbocycles. The number of aromatic nitrogens is 4. The smallest absolute Gasteiger partial charge is 0.230 e. The number of rotatable bonds is 6. The van der Waals surface area contributed by atoms with Crippen molar-refractivity contribution < 1.29 is 4.79 Å². The maximum Gasteiger partial charge on any atom is 0.230 e. The van der Waals surface area contributed by atoms with E-state index in [-0.39, 0.29) is 11.7 Å². The maximum absolute atomic E-state index is 12.0. The first kappa shape index (κ1) is 17.3. The van der Waals surface area contributed by atoms with Crippen LogP contribution in [0, 0.1) is 0 Å². The Morgan fingerprint density at radius 1 is 1.04 bits per heavy atom. The van der Waals surface area contributed by atoms with Gasteiger partial charge in [0.15, 0.2) is 5.16 Å². The van der Waals surface area contributed by atoms with Crippen molar-refractivity contribution in [1.82, 2.24) is 25.3 Å². The molecule has 6 nitrogen and oxygen atoms in total. The third-order valence-corrected chi connectivity index (χ3v) is 4.26. The monoisotopic (exact) mass is 371 g/mol. The van der Waals surface area contributed by atoms with Crippen LogP contribution in [0.4, 0.5) is 0 Å². The Bertz CT molecular complexity index is 845. The van der Waals surface area contributed by atoms with E-state index >= 15 is 0 Å². The minimum absolute atomic E-state index is 0.105. The van der Waals surface area contributed by atoms with Crippen LogP contribution in [0.5, 0.6) is 0 Å². The molecule has 0 saturated carbocycles. The fourth-order valence-electron chi connectivity index (χ4n) is 1.96. The van der Waals surface area contributed by atoms with Gasteiger partial charge in [0, 0.05) is 25.1 Å². The Morgan fingerprint density at radius 3 is 2.72 bits per heavy atom.